The van der Waals surface area contributed by atoms with E-state index in [1.54, 1.807) is 13.2 Å². The Labute approximate surface area is 117 Å². The summed E-state index contributed by atoms with van der Waals surface area (Å²) >= 11 is 0. The van der Waals surface area contributed by atoms with E-state index in [1.165, 1.54) is 5.57 Å². The van der Waals surface area contributed by atoms with Crippen molar-refractivity contribution in [2.75, 3.05) is 12.0 Å². The third-order valence-electron chi connectivity index (χ3n) is 4.73. The van der Waals surface area contributed by atoms with Crippen LogP contribution in [-0.2, 0) is 9.59 Å². The monoisotopic (exact) mass is 269 g/mol. The molecule has 4 rings (SSSR count). The highest BCUT2D eigenvalue weighted by atomic mass is 16.5. The summed E-state index contributed by atoms with van der Waals surface area (Å²) in [6.45, 7) is 0. The number of rotatable bonds is 2. The van der Waals surface area contributed by atoms with Crippen molar-refractivity contribution in [1.82, 2.24) is 0 Å². The molecule has 2 fully saturated rings. The first-order chi connectivity index (χ1) is 9.69. The van der Waals surface area contributed by atoms with Crippen LogP contribution in [0.25, 0.3) is 0 Å². The number of methoxy groups -OCH3 is 1. The van der Waals surface area contributed by atoms with Crippen molar-refractivity contribution in [3.8, 4) is 5.75 Å². The number of benzene rings is 1. The normalized spacial score (nSPS) is 30.8. The van der Waals surface area contributed by atoms with Crippen LogP contribution in [0.4, 0.5) is 5.69 Å². The molecule has 0 aromatic heterocycles. The van der Waals surface area contributed by atoms with Gasteiger partial charge in [-0.2, -0.15) is 0 Å². The van der Waals surface area contributed by atoms with Crippen LogP contribution >= 0.6 is 0 Å². The molecule has 3 atom stereocenters. The van der Waals surface area contributed by atoms with E-state index in [1.807, 2.05) is 29.2 Å². The summed E-state index contributed by atoms with van der Waals surface area (Å²) in [5.74, 6) is 1.50. The van der Waals surface area contributed by atoms with Gasteiger partial charge in [-0.25, -0.2) is 0 Å². The Kier molecular flexibility index (Phi) is 2.31. The lowest BCUT2D eigenvalue weighted by atomic mass is 9.84. The standard InChI is InChI=1S/C16H15NO3/c1-20-12-4-2-10(3-5-12)17-15-13-8-11(18)6-9(13)7-14(15)16(17)19/h2-6,13-15H,7-8H2,1H3/t13-,14+,15-/m1/s1. The van der Waals surface area contributed by atoms with Gasteiger partial charge in [-0.15, -0.1) is 0 Å². The Morgan fingerprint density at radius 3 is 2.55 bits per heavy atom. The second-order valence-corrected chi connectivity index (χ2v) is 5.70. The highest BCUT2D eigenvalue weighted by molar-refractivity contribution is 6.06. The van der Waals surface area contributed by atoms with Crippen molar-refractivity contribution in [2.24, 2.45) is 11.8 Å². The molecule has 1 saturated heterocycles. The number of ketones is 1. The van der Waals surface area contributed by atoms with Gasteiger partial charge in [-0.3, -0.25) is 9.59 Å². The number of β-lactam (4-membered cyclic amide) rings is 1. The van der Waals surface area contributed by atoms with E-state index >= 15 is 0 Å². The van der Waals surface area contributed by atoms with Gasteiger partial charge in [0.05, 0.1) is 19.1 Å². The fourth-order valence-corrected chi connectivity index (χ4v) is 3.80. The summed E-state index contributed by atoms with van der Waals surface area (Å²) in [5.41, 5.74) is 2.08. The van der Waals surface area contributed by atoms with Crippen molar-refractivity contribution in [3.63, 3.8) is 0 Å². The Hall–Kier alpha value is -2.10. The average Bonchev–Trinajstić information content (AvgIpc) is 2.94. The zero-order chi connectivity index (χ0) is 13.9. The Balaban J connectivity index is 1.65. The molecule has 0 bridgehead atoms. The van der Waals surface area contributed by atoms with Crippen LogP contribution in [0.2, 0.25) is 0 Å². The molecule has 4 nitrogen and oxygen atoms in total. The first-order valence-electron chi connectivity index (χ1n) is 6.89. The van der Waals surface area contributed by atoms with Gasteiger partial charge in [0.15, 0.2) is 5.78 Å². The maximum atomic E-state index is 12.3. The fourth-order valence-electron chi connectivity index (χ4n) is 3.80. The summed E-state index contributed by atoms with van der Waals surface area (Å²) in [6.07, 6.45) is 3.09. The summed E-state index contributed by atoms with van der Waals surface area (Å²) in [5, 5.41) is 0. The number of carbonyl (C=O) groups excluding carboxylic acids is 2. The first-order valence-corrected chi connectivity index (χ1v) is 6.89. The Bertz CT molecular complexity index is 632. The molecule has 0 radical (unpaired) electrons. The van der Waals surface area contributed by atoms with Crippen molar-refractivity contribution in [1.29, 1.82) is 0 Å². The largest absolute Gasteiger partial charge is 0.497 e. The lowest BCUT2D eigenvalue weighted by Gasteiger charge is -2.45. The molecule has 4 heteroatoms. The van der Waals surface area contributed by atoms with Gasteiger partial charge in [0.2, 0.25) is 5.91 Å². The third kappa shape index (κ3) is 1.42. The molecule has 1 heterocycles. The van der Waals surface area contributed by atoms with E-state index in [2.05, 4.69) is 0 Å². The molecule has 0 spiro atoms. The molecule has 1 amide bonds. The predicted molar refractivity (Wildman–Crippen MR) is 73.6 cm³/mol. The highest BCUT2D eigenvalue weighted by Crippen LogP contribution is 2.52. The number of carbonyl (C=O) groups is 2. The summed E-state index contributed by atoms with van der Waals surface area (Å²) < 4.78 is 5.14. The van der Waals surface area contributed by atoms with Gasteiger partial charge in [0, 0.05) is 18.0 Å². The zero-order valence-electron chi connectivity index (χ0n) is 11.2. The molecule has 20 heavy (non-hydrogen) atoms. The van der Waals surface area contributed by atoms with Crippen LogP contribution in [-0.4, -0.2) is 24.8 Å². The first kappa shape index (κ1) is 11.7. The maximum Gasteiger partial charge on any atom is 0.232 e. The average molecular weight is 269 g/mol. The number of hydrogen-bond acceptors (Lipinski definition) is 3. The van der Waals surface area contributed by atoms with Gasteiger partial charge in [-0.1, -0.05) is 5.57 Å². The number of hydrogen-bond donors (Lipinski definition) is 0. The van der Waals surface area contributed by atoms with Gasteiger partial charge >= 0.3 is 0 Å². The van der Waals surface area contributed by atoms with Crippen LogP contribution in [0.15, 0.2) is 35.9 Å². The van der Waals surface area contributed by atoms with E-state index in [0.717, 1.165) is 17.9 Å². The number of allylic oxidation sites excluding steroid dienone is 1. The zero-order valence-corrected chi connectivity index (χ0v) is 11.2. The van der Waals surface area contributed by atoms with Gasteiger partial charge in [0.1, 0.15) is 5.75 Å². The molecule has 0 unspecified atom stereocenters. The van der Waals surface area contributed by atoms with E-state index in [-0.39, 0.29) is 29.6 Å². The molecule has 0 N–H and O–H groups in total. The van der Waals surface area contributed by atoms with Crippen molar-refractivity contribution >= 4 is 17.4 Å². The van der Waals surface area contributed by atoms with Crippen LogP contribution < -0.4 is 9.64 Å². The molecule has 1 saturated carbocycles. The fraction of sp³-hybridized carbons (Fsp3) is 0.375. The minimum atomic E-state index is 0.0847. The van der Waals surface area contributed by atoms with E-state index < -0.39 is 0 Å². The van der Waals surface area contributed by atoms with Gasteiger partial charge in [-0.05, 0) is 36.8 Å². The number of anilines is 1. The molecule has 1 aromatic rings. The van der Waals surface area contributed by atoms with Crippen LogP contribution in [0.1, 0.15) is 12.8 Å². The minimum absolute atomic E-state index is 0.0847. The molecule has 1 aromatic carbocycles. The molecule has 2 aliphatic carbocycles. The van der Waals surface area contributed by atoms with E-state index in [0.29, 0.717) is 6.42 Å². The summed E-state index contributed by atoms with van der Waals surface area (Å²) in [4.78, 5) is 25.7. The van der Waals surface area contributed by atoms with Crippen LogP contribution in [0.5, 0.6) is 5.75 Å². The van der Waals surface area contributed by atoms with Crippen molar-refractivity contribution < 1.29 is 14.3 Å². The number of amides is 1. The number of fused-ring (bicyclic) bond motifs is 3. The smallest absolute Gasteiger partial charge is 0.232 e. The highest BCUT2D eigenvalue weighted by Gasteiger charge is 2.58. The van der Waals surface area contributed by atoms with Crippen molar-refractivity contribution in [2.45, 2.75) is 18.9 Å². The summed E-state index contributed by atoms with van der Waals surface area (Å²) in [6, 6.07) is 7.72. The molecule has 1 aliphatic heterocycles. The molecular formula is C16H15NO3. The topological polar surface area (TPSA) is 46.6 Å². The maximum absolute atomic E-state index is 12.3. The third-order valence-corrected chi connectivity index (χ3v) is 4.73. The number of nitrogens with zero attached hydrogens (tertiary/aromatic N) is 1. The van der Waals surface area contributed by atoms with Crippen LogP contribution in [0, 0.1) is 11.8 Å². The number of ether oxygens (including phenoxy) is 1. The minimum Gasteiger partial charge on any atom is -0.497 e. The van der Waals surface area contributed by atoms with Gasteiger partial charge in [0.25, 0.3) is 0 Å². The lowest BCUT2D eigenvalue weighted by molar-refractivity contribution is -0.130. The SMILES string of the molecule is COc1ccc(N2C(=O)[C@H]3CC4=CC(=O)C[C@H]4[C@H]32)cc1. The summed E-state index contributed by atoms with van der Waals surface area (Å²) in [7, 11) is 1.62. The van der Waals surface area contributed by atoms with E-state index in [9.17, 15) is 9.59 Å². The Morgan fingerprint density at radius 2 is 1.85 bits per heavy atom. The molecule has 102 valence electrons. The van der Waals surface area contributed by atoms with Crippen molar-refractivity contribution in [3.05, 3.63) is 35.9 Å². The second kappa shape index (κ2) is 3.95. The van der Waals surface area contributed by atoms with Gasteiger partial charge < -0.3 is 9.64 Å². The quantitative estimate of drug-likeness (QED) is 0.771. The predicted octanol–water partition coefficient (Wildman–Crippen LogP) is 1.95. The van der Waals surface area contributed by atoms with Crippen LogP contribution in [0.3, 0.4) is 0 Å². The molecule has 3 aliphatic rings. The van der Waals surface area contributed by atoms with E-state index in [4.69, 9.17) is 4.74 Å². The molecular weight excluding hydrogens is 254 g/mol. The Morgan fingerprint density at radius 1 is 1.10 bits per heavy atom. The lowest BCUT2D eigenvalue weighted by Crippen LogP contribution is -2.61. The second-order valence-electron chi connectivity index (χ2n) is 5.70.